The van der Waals surface area contributed by atoms with Crippen LogP contribution in [0.1, 0.15) is 0 Å². The van der Waals surface area contributed by atoms with E-state index in [-0.39, 0.29) is 10.9 Å². The normalized spacial score (nSPS) is 18.6. The fraction of sp³-hybridized carbons (Fsp3) is 0. The van der Waals surface area contributed by atoms with Gasteiger partial charge in [0.1, 0.15) is 0 Å². The topological polar surface area (TPSA) is 32.3 Å². The van der Waals surface area contributed by atoms with Crippen molar-refractivity contribution < 1.29 is 5.11 Å². The van der Waals surface area contributed by atoms with Crippen LogP contribution >= 0.6 is 23.5 Å². The average Bonchev–Trinajstić information content (AvgIpc) is 1.77. The summed E-state index contributed by atoms with van der Waals surface area (Å²) in [5.41, 5.74) is 0. The molecule has 0 radical (unpaired) electrons. The van der Waals surface area contributed by atoms with E-state index in [2.05, 4.69) is 4.72 Å². The molecule has 0 saturated heterocycles. The fourth-order valence-corrected chi connectivity index (χ4v) is 0.979. The van der Waals surface area contributed by atoms with Crippen molar-refractivity contribution in [1.29, 1.82) is 0 Å². The van der Waals surface area contributed by atoms with Crippen LogP contribution in [0.15, 0.2) is 22.4 Å². The van der Waals surface area contributed by atoms with Crippen molar-refractivity contribution in [3.8, 4) is 0 Å². The zero-order chi connectivity index (χ0) is 5.98. The van der Waals surface area contributed by atoms with Crippen molar-refractivity contribution in [2.75, 3.05) is 0 Å². The van der Waals surface area contributed by atoms with Crippen LogP contribution < -0.4 is 4.72 Å². The molecule has 0 amide bonds. The summed E-state index contributed by atoms with van der Waals surface area (Å²) in [7, 11) is 0. The third-order valence-corrected chi connectivity index (χ3v) is 1.66. The Bertz CT molecular complexity index is 154. The van der Waals surface area contributed by atoms with E-state index in [0.29, 0.717) is 0 Å². The van der Waals surface area contributed by atoms with Gasteiger partial charge in [0, 0.05) is 0 Å². The first-order valence-electron chi connectivity index (χ1n) is 1.97. The molecule has 2 N–H and O–H groups in total. The molecule has 0 aliphatic carbocycles. The SMILES string of the molecule is OC1=C(Cl)NSC=C1. The summed E-state index contributed by atoms with van der Waals surface area (Å²) < 4.78 is 2.66. The Morgan fingerprint density at radius 1 is 1.75 bits per heavy atom. The van der Waals surface area contributed by atoms with Crippen LogP contribution in [0.2, 0.25) is 0 Å². The minimum Gasteiger partial charge on any atom is -0.505 e. The van der Waals surface area contributed by atoms with Crippen molar-refractivity contribution in [1.82, 2.24) is 4.72 Å². The average molecular weight is 150 g/mol. The number of halogens is 1. The second-order valence-corrected chi connectivity index (χ2v) is 2.31. The molecule has 2 nitrogen and oxygen atoms in total. The zero-order valence-corrected chi connectivity index (χ0v) is 5.46. The van der Waals surface area contributed by atoms with Gasteiger partial charge in [0.25, 0.3) is 0 Å². The minimum absolute atomic E-state index is 0.0883. The van der Waals surface area contributed by atoms with E-state index >= 15 is 0 Å². The van der Waals surface area contributed by atoms with Crippen molar-refractivity contribution in [2.45, 2.75) is 0 Å². The predicted octanol–water partition coefficient (Wildman–Crippen LogP) is 1.72. The minimum atomic E-state index is 0.0883. The largest absolute Gasteiger partial charge is 0.505 e. The van der Waals surface area contributed by atoms with Gasteiger partial charge in [0.05, 0.1) is 0 Å². The van der Waals surface area contributed by atoms with E-state index < -0.39 is 0 Å². The Kier molecular flexibility index (Phi) is 1.70. The first-order chi connectivity index (χ1) is 3.80. The maximum absolute atomic E-state index is 8.76. The van der Waals surface area contributed by atoms with E-state index in [1.807, 2.05) is 0 Å². The van der Waals surface area contributed by atoms with E-state index in [1.165, 1.54) is 18.0 Å². The van der Waals surface area contributed by atoms with Gasteiger partial charge in [-0.1, -0.05) is 11.6 Å². The van der Waals surface area contributed by atoms with Crippen LogP contribution in [-0.4, -0.2) is 5.11 Å². The van der Waals surface area contributed by atoms with Crippen LogP contribution in [0.25, 0.3) is 0 Å². The molecule has 0 spiro atoms. The van der Waals surface area contributed by atoms with Gasteiger partial charge in [-0.25, -0.2) is 0 Å². The molecule has 0 saturated carbocycles. The molecule has 1 heterocycles. The lowest BCUT2D eigenvalue weighted by atomic mass is 10.5. The molecule has 0 fully saturated rings. The third kappa shape index (κ3) is 1.11. The number of hydrogen-bond donors (Lipinski definition) is 2. The van der Waals surface area contributed by atoms with E-state index in [0.717, 1.165) is 0 Å². The van der Waals surface area contributed by atoms with Crippen molar-refractivity contribution in [3.05, 3.63) is 22.4 Å². The molecule has 0 aromatic heterocycles. The lowest BCUT2D eigenvalue weighted by Crippen LogP contribution is -2.01. The van der Waals surface area contributed by atoms with E-state index in [1.54, 1.807) is 5.41 Å². The van der Waals surface area contributed by atoms with Gasteiger partial charge >= 0.3 is 0 Å². The first kappa shape index (κ1) is 5.85. The van der Waals surface area contributed by atoms with Crippen molar-refractivity contribution >= 4 is 23.5 Å². The lowest BCUT2D eigenvalue weighted by molar-refractivity contribution is 0.427. The van der Waals surface area contributed by atoms with Crippen LogP contribution in [0, 0.1) is 0 Å². The van der Waals surface area contributed by atoms with Gasteiger partial charge in [0.2, 0.25) is 0 Å². The van der Waals surface area contributed by atoms with E-state index in [4.69, 9.17) is 16.7 Å². The molecule has 0 atom stereocenters. The molecular formula is C4H4ClNOS. The van der Waals surface area contributed by atoms with Gasteiger partial charge in [-0.05, 0) is 23.4 Å². The van der Waals surface area contributed by atoms with Crippen LogP contribution in [0.5, 0.6) is 0 Å². The fourth-order valence-electron chi connectivity index (χ4n) is 0.310. The molecule has 1 aliphatic heterocycles. The Balaban J connectivity index is 2.76. The summed E-state index contributed by atoms with van der Waals surface area (Å²) in [6.45, 7) is 0. The zero-order valence-electron chi connectivity index (χ0n) is 3.89. The molecular weight excluding hydrogens is 146 g/mol. The second kappa shape index (κ2) is 2.33. The summed E-state index contributed by atoms with van der Waals surface area (Å²) in [5.74, 6) is 0.0883. The predicted molar refractivity (Wildman–Crippen MR) is 35.4 cm³/mol. The smallest absolute Gasteiger partial charge is 0.154 e. The molecule has 0 aromatic carbocycles. The highest BCUT2D eigenvalue weighted by Crippen LogP contribution is 2.15. The van der Waals surface area contributed by atoms with Crippen LogP contribution in [-0.2, 0) is 0 Å². The number of aliphatic hydroxyl groups is 1. The summed E-state index contributed by atoms with van der Waals surface area (Å²) in [6.07, 6.45) is 1.53. The molecule has 8 heavy (non-hydrogen) atoms. The monoisotopic (exact) mass is 149 g/mol. The highest BCUT2D eigenvalue weighted by atomic mass is 35.5. The second-order valence-electron chi connectivity index (χ2n) is 1.22. The molecule has 0 unspecified atom stereocenters. The van der Waals surface area contributed by atoms with Gasteiger partial charge in [-0.3, -0.25) is 0 Å². The summed E-state index contributed by atoms with van der Waals surface area (Å²) in [5, 5.41) is 10.8. The number of hydrogen-bond acceptors (Lipinski definition) is 3. The van der Waals surface area contributed by atoms with Crippen molar-refractivity contribution in [3.63, 3.8) is 0 Å². The van der Waals surface area contributed by atoms with Gasteiger partial charge in [-0.15, -0.1) is 0 Å². The lowest BCUT2D eigenvalue weighted by Gasteiger charge is -2.04. The first-order valence-corrected chi connectivity index (χ1v) is 3.23. The van der Waals surface area contributed by atoms with Crippen LogP contribution in [0.4, 0.5) is 0 Å². The van der Waals surface area contributed by atoms with Gasteiger partial charge in [-0.2, -0.15) is 0 Å². The number of allylic oxidation sites excluding steroid dienone is 1. The Labute approximate surface area is 56.4 Å². The summed E-state index contributed by atoms with van der Waals surface area (Å²) in [6, 6.07) is 0. The molecule has 1 rings (SSSR count). The number of aliphatic hydroxyl groups excluding tert-OH is 1. The van der Waals surface area contributed by atoms with Gasteiger partial charge in [0.15, 0.2) is 10.9 Å². The molecule has 0 aromatic rings. The summed E-state index contributed by atoms with van der Waals surface area (Å²) in [4.78, 5) is 0. The van der Waals surface area contributed by atoms with Crippen molar-refractivity contribution in [2.24, 2.45) is 0 Å². The van der Waals surface area contributed by atoms with E-state index in [9.17, 15) is 0 Å². The Morgan fingerprint density at radius 3 is 2.88 bits per heavy atom. The summed E-state index contributed by atoms with van der Waals surface area (Å²) >= 11 is 6.74. The highest BCUT2D eigenvalue weighted by molar-refractivity contribution is 8.00. The quantitative estimate of drug-likeness (QED) is 0.406. The Morgan fingerprint density at radius 2 is 2.50 bits per heavy atom. The van der Waals surface area contributed by atoms with Crippen LogP contribution in [0.3, 0.4) is 0 Å². The number of rotatable bonds is 0. The maximum Gasteiger partial charge on any atom is 0.154 e. The number of nitrogens with one attached hydrogen (secondary N) is 1. The molecule has 1 aliphatic rings. The third-order valence-electron chi connectivity index (χ3n) is 0.667. The molecule has 4 heteroatoms. The Hall–Kier alpha value is -0.280. The highest BCUT2D eigenvalue weighted by Gasteiger charge is 2.00. The molecule has 44 valence electrons. The standard InChI is InChI=1S/C4H4ClNOS/c5-4-3(7)1-2-8-6-4/h1-2,6-7H. The maximum atomic E-state index is 8.76. The molecule has 0 bridgehead atoms. The van der Waals surface area contributed by atoms with Gasteiger partial charge < -0.3 is 9.83 Å².